The average Bonchev–Trinajstić information content (AvgIpc) is 2.70. The van der Waals surface area contributed by atoms with Crippen molar-refractivity contribution in [3.63, 3.8) is 0 Å². The van der Waals surface area contributed by atoms with E-state index in [4.69, 9.17) is 0 Å². The van der Waals surface area contributed by atoms with E-state index in [0.717, 1.165) is 63.4 Å². The van der Waals surface area contributed by atoms with Crippen molar-refractivity contribution < 1.29 is 9.59 Å². The van der Waals surface area contributed by atoms with Crippen LogP contribution in [0.2, 0.25) is 0 Å². The summed E-state index contributed by atoms with van der Waals surface area (Å²) in [7, 11) is 0. The van der Waals surface area contributed by atoms with Gasteiger partial charge in [0.05, 0.1) is 13.1 Å². The molecule has 2 amide bonds. The number of carbonyl (C=O) groups excluding carboxylic acids is 2. The second-order valence-corrected chi connectivity index (χ2v) is 8.20. The lowest BCUT2D eigenvalue weighted by Gasteiger charge is -2.36. The van der Waals surface area contributed by atoms with E-state index in [1.165, 1.54) is 6.42 Å². The van der Waals surface area contributed by atoms with E-state index >= 15 is 0 Å². The molecule has 6 heteroatoms. The molecule has 1 atom stereocenters. The highest BCUT2D eigenvalue weighted by atomic mass is 16.2. The van der Waals surface area contributed by atoms with Gasteiger partial charge in [-0.2, -0.15) is 0 Å². The van der Waals surface area contributed by atoms with Gasteiger partial charge in [0.2, 0.25) is 11.8 Å². The Labute approximate surface area is 168 Å². The minimum Gasteiger partial charge on any atom is -0.341 e. The molecule has 0 bridgehead atoms. The molecule has 28 heavy (non-hydrogen) atoms. The highest BCUT2D eigenvalue weighted by Gasteiger charge is 2.25. The fraction of sp³-hybridized carbons (Fsp3) is 0.636. The number of piperidine rings is 1. The summed E-state index contributed by atoms with van der Waals surface area (Å²) in [5.74, 6) is 0.910. The first kappa shape index (κ1) is 20.8. The van der Waals surface area contributed by atoms with Crippen LogP contribution in [0.4, 0.5) is 5.69 Å². The third-order valence-electron chi connectivity index (χ3n) is 5.87. The largest absolute Gasteiger partial charge is 0.341 e. The molecule has 154 valence electrons. The van der Waals surface area contributed by atoms with Crippen molar-refractivity contribution in [1.82, 2.24) is 14.7 Å². The van der Waals surface area contributed by atoms with Crippen molar-refractivity contribution in [2.75, 3.05) is 57.7 Å². The van der Waals surface area contributed by atoms with Crippen LogP contribution >= 0.6 is 0 Å². The average molecular weight is 387 g/mol. The molecular formula is C22H34N4O2. The van der Waals surface area contributed by atoms with Crippen LogP contribution < -0.4 is 5.32 Å². The van der Waals surface area contributed by atoms with Crippen molar-refractivity contribution in [2.24, 2.45) is 5.92 Å². The lowest BCUT2D eigenvalue weighted by atomic mass is 10.0. The third-order valence-corrected chi connectivity index (χ3v) is 5.87. The topological polar surface area (TPSA) is 55.9 Å². The first-order valence-electron chi connectivity index (χ1n) is 10.7. The van der Waals surface area contributed by atoms with Crippen molar-refractivity contribution >= 4 is 17.5 Å². The smallest absolute Gasteiger partial charge is 0.238 e. The summed E-state index contributed by atoms with van der Waals surface area (Å²) in [6.45, 7) is 10.4. The first-order chi connectivity index (χ1) is 13.5. The zero-order valence-corrected chi connectivity index (χ0v) is 17.3. The molecule has 1 aromatic rings. The molecule has 6 nitrogen and oxygen atoms in total. The van der Waals surface area contributed by atoms with E-state index in [0.29, 0.717) is 19.0 Å². The van der Waals surface area contributed by atoms with E-state index in [9.17, 15) is 9.59 Å². The minimum atomic E-state index is 0.0349. The third kappa shape index (κ3) is 5.79. The summed E-state index contributed by atoms with van der Waals surface area (Å²) in [5, 5.41) is 3.04. The molecule has 2 aliphatic heterocycles. The second kappa shape index (κ2) is 10.0. The second-order valence-electron chi connectivity index (χ2n) is 8.20. The van der Waals surface area contributed by atoms with Gasteiger partial charge in [-0.25, -0.2) is 0 Å². The maximum absolute atomic E-state index is 12.5. The summed E-state index contributed by atoms with van der Waals surface area (Å²) >= 11 is 0. The number of para-hydroxylation sites is 1. The number of aryl methyl sites for hydroxylation is 1. The van der Waals surface area contributed by atoms with E-state index in [-0.39, 0.29) is 11.8 Å². The Hall–Kier alpha value is -1.92. The lowest BCUT2D eigenvalue weighted by molar-refractivity contribution is -0.134. The van der Waals surface area contributed by atoms with Gasteiger partial charge >= 0.3 is 0 Å². The Balaban J connectivity index is 1.40. The number of hydrogen-bond donors (Lipinski definition) is 1. The van der Waals surface area contributed by atoms with Crippen molar-refractivity contribution in [3.8, 4) is 0 Å². The van der Waals surface area contributed by atoms with Gasteiger partial charge in [-0.15, -0.1) is 0 Å². The molecule has 0 radical (unpaired) electrons. The Kier molecular flexibility index (Phi) is 7.45. The summed E-state index contributed by atoms with van der Waals surface area (Å²) in [6.07, 6.45) is 3.25. The number of hydrogen-bond acceptors (Lipinski definition) is 4. The van der Waals surface area contributed by atoms with Crippen LogP contribution in [0, 0.1) is 5.92 Å². The van der Waals surface area contributed by atoms with Crippen molar-refractivity contribution in [3.05, 3.63) is 29.8 Å². The molecule has 1 N–H and O–H groups in total. The monoisotopic (exact) mass is 386 g/mol. The Morgan fingerprint density at radius 1 is 1.04 bits per heavy atom. The van der Waals surface area contributed by atoms with E-state index in [1.54, 1.807) is 0 Å². The lowest BCUT2D eigenvalue weighted by Crippen LogP contribution is -2.52. The fourth-order valence-corrected chi connectivity index (χ4v) is 4.16. The Bertz CT molecular complexity index is 670. The van der Waals surface area contributed by atoms with Crippen LogP contribution in [0.25, 0.3) is 0 Å². The van der Waals surface area contributed by atoms with Crippen LogP contribution in [0.1, 0.15) is 32.3 Å². The number of amides is 2. The van der Waals surface area contributed by atoms with Crippen LogP contribution in [-0.2, 0) is 16.0 Å². The predicted molar refractivity (Wildman–Crippen MR) is 112 cm³/mol. The van der Waals surface area contributed by atoms with Gasteiger partial charge in [0, 0.05) is 45.0 Å². The van der Waals surface area contributed by atoms with Gasteiger partial charge in [-0.3, -0.25) is 19.4 Å². The van der Waals surface area contributed by atoms with Gasteiger partial charge in [0.15, 0.2) is 0 Å². The van der Waals surface area contributed by atoms with Crippen molar-refractivity contribution in [1.29, 1.82) is 0 Å². The van der Waals surface area contributed by atoms with Crippen LogP contribution in [0.5, 0.6) is 0 Å². The highest BCUT2D eigenvalue weighted by Crippen LogP contribution is 2.17. The molecule has 2 heterocycles. The minimum absolute atomic E-state index is 0.0349. The van der Waals surface area contributed by atoms with Crippen LogP contribution in [0.3, 0.4) is 0 Å². The molecule has 0 unspecified atom stereocenters. The number of anilines is 1. The number of rotatable bonds is 6. The van der Waals surface area contributed by atoms with Gasteiger partial charge in [0.25, 0.3) is 0 Å². The van der Waals surface area contributed by atoms with Gasteiger partial charge in [-0.05, 0) is 36.8 Å². The van der Waals surface area contributed by atoms with Crippen LogP contribution in [-0.4, -0.2) is 78.9 Å². The molecule has 1 aromatic carbocycles. The van der Waals surface area contributed by atoms with E-state index < -0.39 is 0 Å². The standard InChI is InChI=1S/C22H34N4O2/c1-3-19-8-4-5-9-20(19)23-21(27)16-24-11-13-25(14-12-24)17-22(28)26-10-6-7-18(2)15-26/h4-5,8-9,18H,3,6-7,10-17H2,1-2H3,(H,23,27)/t18-/m0/s1. The molecule has 0 spiro atoms. The predicted octanol–water partition coefficient (Wildman–Crippen LogP) is 2.06. The van der Waals surface area contributed by atoms with Gasteiger partial charge in [0.1, 0.15) is 0 Å². The molecule has 0 saturated carbocycles. The van der Waals surface area contributed by atoms with Gasteiger partial charge in [-0.1, -0.05) is 32.0 Å². The van der Waals surface area contributed by atoms with Crippen molar-refractivity contribution in [2.45, 2.75) is 33.1 Å². The highest BCUT2D eigenvalue weighted by molar-refractivity contribution is 5.93. The maximum atomic E-state index is 12.5. The number of benzene rings is 1. The Morgan fingerprint density at radius 2 is 1.71 bits per heavy atom. The molecular weight excluding hydrogens is 352 g/mol. The number of nitrogens with zero attached hydrogens (tertiary/aromatic N) is 3. The van der Waals surface area contributed by atoms with E-state index in [1.807, 2.05) is 23.1 Å². The molecule has 2 fully saturated rings. The Morgan fingerprint density at radius 3 is 2.39 bits per heavy atom. The summed E-state index contributed by atoms with van der Waals surface area (Å²) in [6, 6.07) is 7.96. The summed E-state index contributed by atoms with van der Waals surface area (Å²) < 4.78 is 0. The quantitative estimate of drug-likeness (QED) is 0.813. The molecule has 2 aliphatic rings. The number of carbonyl (C=O) groups is 2. The number of nitrogens with one attached hydrogen (secondary N) is 1. The first-order valence-corrected chi connectivity index (χ1v) is 10.7. The number of likely N-dealkylation sites (tertiary alicyclic amines) is 1. The summed E-state index contributed by atoms with van der Waals surface area (Å²) in [5.41, 5.74) is 2.07. The summed E-state index contributed by atoms with van der Waals surface area (Å²) in [4.78, 5) is 31.4. The normalized spacial score (nSPS) is 21.5. The van der Waals surface area contributed by atoms with E-state index in [2.05, 4.69) is 35.0 Å². The number of piperazine rings is 1. The molecule has 3 rings (SSSR count). The maximum Gasteiger partial charge on any atom is 0.238 e. The molecule has 0 aliphatic carbocycles. The van der Waals surface area contributed by atoms with Gasteiger partial charge < -0.3 is 10.2 Å². The molecule has 2 saturated heterocycles. The zero-order chi connectivity index (χ0) is 19.9. The SMILES string of the molecule is CCc1ccccc1NC(=O)CN1CCN(CC(=O)N2CCC[C@H](C)C2)CC1. The zero-order valence-electron chi connectivity index (χ0n) is 17.3. The fourth-order valence-electron chi connectivity index (χ4n) is 4.16. The molecule has 0 aromatic heterocycles. The van der Waals surface area contributed by atoms with Crippen LogP contribution in [0.15, 0.2) is 24.3 Å².